The summed E-state index contributed by atoms with van der Waals surface area (Å²) >= 11 is 0. The van der Waals surface area contributed by atoms with Gasteiger partial charge in [0.2, 0.25) is 0 Å². The Labute approximate surface area is 75.9 Å². The van der Waals surface area contributed by atoms with Gasteiger partial charge in [-0.2, -0.15) is 0 Å². The third-order valence-electron chi connectivity index (χ3n) is 2.17. The van der Waals surface area contributed by atoms with Crippen LogP contribution in [0.2, 0.25) is 0 Å². The molecule has 0 aliphatic rings. The van der Waals surface area contributed by atoms with Crippen molar-refractivity contribution >= 4 is 5.78 Å². The molecule has 2 heteroatoms. The maximum Gasteiger partial charge on any atom is 0.129 e. The van der Waals surface area contributed by atoms with E-state index < -0.39 is 0 Å². The van der Waals surface area contributed by atoms with Gasteiger partial charge in [-0.1, -0.05) is 0 Å². The quantitative estimate of drug-likeness (QED) is 0.570. The SMILES string of the molecule is CC(=O)CCCCN(C)C(C)C. The lowest BCUT2D eigenvalue weighted by Crippen LogP contribution is -2.27. The first-order chi connectivity index (χ1) is 5.54. The molecule has 0 unspecified atom stereocenters. The van der Waals surface area contributed by atoms with Crippen LogP contribution in [0.5, 0.6) is 0 Å². The van der Waals surface area contributed by atoms with E-state index in [0.717, 1.165) is 25.8 Å². The van der Waals surface area contributed by atoms with E-state index in [2.05, 4.69) is 25.8 Å². The van der Waals surface area contributed by atoms with Gasteiger partial charge in [0, 0.05) is 12.5 Å². The Balaban J connectivity index is 3.25. The molecule has 2 nitrogen and oxygen atoms in total. The van der Waals surface area contributed by atoms with E-state index >= 15 is 0 Å². The molecule has 0 spiro atoms. The van der Waals surface area contributed by atoms with Gasteiger partial charge in [-0.05, 0) is 47.2 Å². The predicted molar refractivity (Wildman–Crippen MR) is 52.3 cm³/mol. The van der Waals surface area contributed by atoms with Gasteiger partial charge in [-0.15, -0.1) is 0 Å². The van der Waals surface area contributed by atoms with Gasteiger partial charge in [-0.25, -0.2) is 0 Å². The van der Waals surface area contributed by atoms with Crippen LogP contribution in [0.25, 0.3) is 0 Å². The lowest BCUT2D eigenvalue weighted by Gasteiger charge is -2.20. The van der Waals surface area contributed by atoms with E-state index in [9.17, 15) is 4.79 Å². The van der Waals surface area contributed by atoms with E-state index in [0.29, 0.717) is 11.8 Å². The Morgan fingerprint density at radius 3 is 2.33 bits per heavy atom. The van der Waals surface area contributed by atoms with Gasteiger partial charge in [0.15, 0.2) is 0 Å². The summed E-state index contributed by atoms with van der Waals surface area (Å²) in [6.07, 6.45) is 2.91. The zero-order valence-electron chi connectivity index (χ0n) is 8.76. The molecule has 0 heterocycles. The largest absolute Gasteiger partial charge is 0.304 e. The van der Waals surface area contributed by atoms with Crippen LogP contribution in [-0.2, 0) is 4.79 Å². The predicted octanol–water partition coefficient (Wildman–Crippen LogP) is 2.09. The van der Waals surface area contributed by atoms with E-state index in [-0.39, 0.29) is 0 Å². The Kier molecular flexibility index (Phi) is 5.99. The minimum Gasteiger partial charge on any atom is -0.304 e. The summed E-state index contributed by atoms with van der Waals surface area (Å²) in [6, 6.07) is 0.613. The number of ketones is 1. The fraction of sp³-hybridized carbons (Fsp3) is 0.900. The number of carbonyl (C=O) groups is 1. The molecule has 0 atom stereocenters. The van der Waals surface area contributed by atoms with Crippen molar-refractivity contribution in [2.75, 3.05) is 13.6 Å². The van der Waals surface area contributed by atoms with Crippen molar-refractivity contribution < 1.29 is 4.79 Å². The maximum absolute atomic E-state index is 10.6. The fourth-order valence-corrected chi connectivity index (χ4v) is 0.993. The second-order valence-corrected chi connectivity index (χ2v) is 3.73. The van der Waals surface area contributed by atoms with Gasteiger partial charge in [0.05, 0.1) is 0 Å². The summed E-state index contributed by atoms with van der Waals surface area (Å²) in [7, 11) is 2.12. The van der Waals surface area contributed by atoms with Gasteiger partial charge in [-0.3, -0.25) is 0 Å². The molecule has 0 aromatic carbocycles. The number of carbonyl (C=O) groups excluding carboxylic acids is 1. The summed E-state index contributed by atoms with van der Waals surface area (Å²) in [5.41, 5.74) is 0. The number of rotatable bonds is 6. The highest BCUT2D eigenvalue weighted by atomic mass is 16.1. The summed E-state index contributed by atoms with van der Waals surface area (Å²) in [5, 5.41) is 0. The van der Waals surface area contributed by atoms with Crippen LogP contribution >= 0.6 is 0 Å². The Hall–Kier alpha value is -0.370. The summed E-state index contributed by atoms with van der Waals surface area (Å²) in [5.74, 6) is 0.308. The Morgan fingerprint density at radius 2 is 1.92 bits per heavy atom. The highest BCUT2D eigenvalue weighted by Crippen LogP contribution is 2.00. The van der Waals surface area contributed by atoms with E-state index in [1.54, 1.807) is 6.92 Å². The van der Waals surface area contributed by atoms with Crippen LogP contribution in [0.3, 0.4) is 0 Å². The molecule has 0 saturated heterocycles. The zero-order chi connectivity index (χ0) is 9.56. The topological polar surface area (TPSA) is 20.3 Å². The number of hydrogen-bond acceptors (Lipinski definition) is 2. The van der Waals surface area contributed by atoms with Crippen molar-refractivity contribution in [3.8, 4) is 0 Å². The molecular weight excluding hydrogens is 150 g/mol. The second kappa shape index (κ2) is 6.18. The van der Waals surface area contributed by atoms with Gasteiger partial charge in [0.1, 0.15) is 5.78 Å². The van der Waals surface area contributed by atoms with Crippen molar-refractivity contribution in [1.82, 2.24) is 4.90 Å². The van der Waals surface area contributed by atoms with Crippen molar-refractivity contribution in [1.29, 1.82) is 0 Å². The first kappa shape index (κ1) is 11.6. The molecule has 0 fully saturated rings. The maximum atomic E-state index is 10.6. The molecule has 12 heavy (non-hydrogen) atoms. The van der Waals surface area contributed by atoms with Crippen LogP contribution in [-0.4, -0.2) is 30.3 Å². The summed E-state index contributed by atoms with van der Waals surface area (Å²) in [4.78, 5) is 12.9. The molecule has 0 aromatic rings. The molecular formula is C10H21NO. The molecule has 0 N–H and O–H groups in total. The van der Waals surface area contributed by atoms with Gasteiger partial charge >= 0.3 is 0 Å². The second-order valence-electron chi connectivity index (χ2n) is 3.73. The molecule has 72 valence electrons. The fourth-order valence-electron chi connectivity index (χ4n) is 0.993. The highest BCUT2D eigenvalue weighted by Gasteiger charge is 2.02. The first-order valence-electron chi connectivity index (χ1n) is 4.73. The molecule has 0 saturated carbocycles. The lowest BCUT2D eigenvalue weighted by atomic mass is 10.2. The molecule has 0 aliphatic heterocycles. The molecule has 0 aromatic heterocycles. The highest BCUT2D eigenvalue weighted by molar-refractivity contribution is 5.75. The van der Waals surface area contributed by atoms with Crippen LogP contribution in [0.1, 0.15) is 40.0 Å². The van der Waals surface area contributed by atoms with Crippen molar-refractivity contribution in [3.63, 3.8) is 0 Å². The minimum atomic E-state index is 0.308. The number of nitrogens with zero attached hydrogens (tertiary/aromatic N) is 1. The molecule has 0 bridgehead atoms. The number of unbranched alkanes of at least 4 members (excludes halogenated alkanes) is 1. The van der Waals surface area contributed by atoms with Crippen LogP contribution in [0, 0.1) is 0 Å². The summed E-state index contributed by atoms with van der Waals surface area (Å²) < 4.78 is 0. The normalized spacial score (nSPS) is 11.2. The molecule has 0 radical (unpaired) electrons. The van der Waals surface area contributed by atoms with Crippen molar-refractivity contribution in [2.45, 2.75) is 46.1 Å². The van der Waals surface area contributed by atoms with E-state index in [4.69, 9.17) is 0 Å². The monoisotopic (exact) mass is 171 g/mol. The molecule has 0 rings (SSSR count). The van der Waals surface area contributed by atoms with E-state index in [1.807, 2.05) is 0 Å². The third-order valence-corrected chi connectivity index (χ3v) is 2.17. The van der Waals surface area contributed by atoms with Crippen LogP contribution in [0.15, 0.2) is 0 Å². The van der Waals surface area contributed by atoms with Gasteiger partial charge < -0.3 is 9.69 Å². The standard InChI is InChI=1S/C10H21NO/c1-9(2)11(4)8-6-5-7-10(3)12/h9H,5-8H2,1-4H3. The lowest BCUT2D eigenvalue weighted by molar-refractivity contribution is -0.117. The Morgan fingerprint density at radius 1 is 1.33 bits per heavy atom. The van der Waals surface area contributed by atoms with Crippen LogP contribution < -0.4 is 0 Å². The molecule has 0 amide bonds. The average Bonchev–Trinajstić information content (AvgIpc) is 1.97. The number of Topliss-reactive ketones (excluding diaryl/α,β-unsaturated/α-hetero) is 1. The van der Waals surface area contributed by atoms with Crippen LogP contribution in [0.4, 0.5) is 0 Å². The minimum absolute atomic E-state index is 0.308. The summed E-state index contributed by atoms with van der Waals surface area (Å²) in [6.45, 7) is 7.13. The number of hydrogen-bond donors (Lipinski definition) is 0. The van der Waals surface area contributed by atoms with Gasteiger partial charge in [0.25, 0.3) is 0 Å². The van der Waals surface area contributed by atoms with Crippen molar-refractivity contribution in [2.24, 2.45) is 0 Å². The zero-order valence-corrected chi connectivity index (χ0v) is 8.76. The Bertz CT molecular complexity index is 132. The first-order valence-corrected chi connectivity index (χ1v) is 4.73. The molecule has 0 aliphatic carbocycles. The third kappa shape index (κ3) is 6.35. The smallest absolute Gasteiger partial charge is 0.129 e. The van der Waals surface area contributed by atoms with E-state index in [1.165, 1.54) is 0 Å². The van der Waals surface area contributed by atoms with Crippen molar-refractivity contribution in [3.05, 3.63) is 0 Å². The average molecular weight is 171 g/mol.